The summed E-state index contributed by atoms with van der Waals surface area (Å²) in [6.07, 6.45) is 0. The molecule has 0 aliphatic heterocycles. The second-order valence-electron chi connectivity index (χ2n) is 5.06. The van der Waals surface area contributed by atoms with Crippen LogP contribution < -0.4 is 34.3 Å². The van der Waals surface area contributed by atoms with Gasteiger partial charge in [0.1, 0.15) is 0 Å². The molecule has 140 valence electrons. The summed E-state index contributed by atoms with van der Waals surface area (Å²) in [5, 5.41) is 6.58. The Kier molecular flexibility index (Phi) is 6.74. The molecule has 2 rings (SSSR count). The Morgan fingerprint density at radius 2 is 1.15 bits per heavy atom. The van der Waals surface area contributed by atoms with E-state index in [-0.39, 0.29) is 0 Å². The molecule has 2 N–H and O–H groups in total. The molecular weight excluding hydrogens is 356 g/mol. The van der Waals surface area contributed by atoms with Crippen LogP contribution in [0.3, 0.4) is 0 Å². The van der Waals surface area contributed by atoms with Gasteiger partial charge in [-0.15, -0.1) is 0 Å². The van der Waals surface area contributed by atoms with Crippen LogP contribution >= 0.6 is 12.2 Å². The van der Waals surface area contributed by atoms with Crippen LogP contribution in [-0.4, -0.2) is 40.7 Å². The molecule has 0 saturated carbocycles. The molecule has 0 unspecified atom stereocenters. The van der Waals surface area contributed by atoms with Crippen molar-refractivity contribution in [3.05, 3.63) is 30.3 Å². The molecule has 0 aliphatic rings. The highest BCUT2D eigenvalue weighted by Crippen LogP contribution is 2.40. The quantitative estimate of drug-likeness (QED) is 0.709. The number of ether oxygens (including phenoxy) is 5. The minimum atomic E-state index is 0.395. The number of nitrogens with one attached hydrogen (secondary N) is 2. The van der Waals surface area contributed by atoms with Gasteiger partial charge in [-0.1, -0.05) is 0 Å². The van der Waals surface area contributed by atoms with Gasteiger partial charge in [0.2, 0.25) is 5.75 Å². The summed E-state index contributed by atoms with van der Waals surface area (Å²) in [5.74, 6) is 2.82. The van der Waals surface area contributed by atoms with Crippen LogP contribution in [-0.2, 0) is 0 Å². The first kappa shape index (κ1) is 19.5. The SMILES string of the molecule is COc1ccc(NC(=S)Nc2cc(OC)c(OC)c(OC)c2)cc1OC. The van der Waals surface area contributed by atoms with E-state index in [0.717, 1.165) is 5.69 Å². The monoisotopic (exact) mass is 378 g/mol. The molecule has 2 aromatic rings. The topological polar surface area (TPSA) is 70.2 Å². The van der Waals surface area contributed by atoms with Crippen LogP contribution in [0.2, 0.25) is 0 Å². The van der Waals surface area contributed by atoms with Crippen LogP contribution in [0, 0.1) is 0 Å². The van der Waals surface area contributed by atoms with Gasteiger partial charge >= 0.3 is 0 Å². The molecule has 0 aliphatic carbocycles. The molecule has 0 radical (unpaired) electrons. The van der Waals surface area contributed by atoms with E-state index in [1.807, 2.05) is 6.07 Å². The maximum Gasteiger partial charge on any atom is 0.203 e. The van der Waals surface area contributed by atoms with Crippen molar-refractivity contribution in [3.8, 4) is 28.7 Å². The second kappa shape index (κ2) is 9.00. The van der Waals surface area contributed by atoms with Crippen molar-refractivity contribution in [1.29, 1.82) is 0 Å². The van der Waals surface area contributed by atoms with E-state index in [4.69, 9.17) is 35.9 Å². The van der Waals surface area contributed by atoms with E-state index in [0.29, 0.717) is 39.5 Å². The maximum absolute atomic E-state index is 5.37. The van der Waals surface area contributed by atoms with Crippen LogP contribution in [0.25, 0.3) is 0 Å². The number of methoxy groups -OCH3 is 5. The van der Waals surface area contributed by atoms with E-state index < -0.39 is 0 Å². The molecule has 0 heterocycles. The van der Waals surface area contributed by atoms with Gasteiger partial charge in [0.15, 0.2) is 28.1 Å². The van der Waals surface area contributed by atoms with Gasteiger partial charge in [-0.3, -0.25) is 0 Å². The molecule has 0 fully saturated rings. The summed E-state index contributed by atoms with van der Waals surface area (Å²) in [5.41, 5.74) is 1.45. The lowest BCUT2D eigenvalue weighted by molar-refractivity contribution is 0.324. The minimum Gasteiger partial charge on any atom is -0.493 e. The first-order chi connectivity index (χ1) is 12.6. The zero-order valence-electron chi connectivity index (χ0n) is 15.3. The van der Waals surface area contributed by atoms with Crippen molar-refractivity contribution >= 4 is 28.7 Å². The highest BCUT2D eigenvalue weighted by molar-refractivity contribution is 7.80. The maximum atomic E-state index is 5.37. The lowest BCUT2D eigenvalue weighted by atomic mass is 10.2. The number of rotatable bonds is 7. The zero-order chi connectivity index (χ0) is 19.1. The van der Waals surface area contributed by atoms with Crippen LogP contribution in [0.1, 0.15) is 0 Å². The fraction of sp³-hybridized carbons (Fsp3) is 0.278. The summed E-state index contributed by atoms with van der Waals surface area (Å²) in [7, 11) is 7.83. The Morgan fingerprint density at radius 3 is 1.65 bits per heavy atom. The van der Waals surface area contributed by atoms with Gasteiger partial charge in [-0.05, 0) is 24.4 Å². The van der Waals surface area contributed by atoms with E-state index in [2.05, 4.69) is 10.6 Å². The van der Waals surface area contributed by atoms with Crippen molar-refractivity contribution in [2.45, 2.75) is 0 Å². The van der Waals surface area contributed by atoms with Gasteiger partial charge in [0, 0.05) is 29.6 Å². The largest absolute Gasteiger partial charge is 0.493 e. The molecule has 0 spiro atoms. The number of hydrogen-bond acceptors (Lipinski definition) is 6. The minimum absolute atomic E-state index is 0.395. The number of benzene rings is 2. The van der Waals surface area contributed by atoms with Crippen LogP contribution in [0.4, 0.5) is 11.4 Å². The molecule has 8 heteroatoms. The standard InChI is InChI=1S/C18H22N2O5S/c1-21-13-7-6-11(8-14(13)22-2)19-18(26)20-12-9-15(23-3)17(25-5)16(10-12)24-4/h6-10H,1-5H3,(H2,19,20,26). The summed E-state index contributed by atoms with van der Waals surface area (Å²) in [4.78, 5) is 0. The van der Waals surface area contributed by atoms with Crippen molar-refractivity contribution in [3.63, 3.8) is 0 Å². The summed E-state index contributed by atoms with van der Waals surface area (Å²) < 4.78 is 26.5. The molecule has 0 atom stereocenters. The molecule has 2 aromatic carbocycles. The van der Waals surface area contributed by atoms with E-state index in [1.165, 1.54) is 0 Å². The molecule has 0 amide bonds. The highest BCUT2D eigenvalue weighted by atomic mass is 32.1. The van der Waals surface area contributed by atoms with Crippen LogP contribution in [0.15, 0.2) is 30.3 Å². The molecular formula is C18H22N2O5S. The lowest BCUT2D eigenvalue weighted by Gasteiger charge is -2.16. The van der Waals surface area contributed by atoms with Crippen molar-refractivity contribution in [1.82, 2.24) is 0 Å². The number of thiocarbonyl (C=S) groups is 1. The summed E-state index contributed by atoms with van der Waals surface area (Å²) in [6.45, 7) is 0. The Hall–Kier alpha value is -2.87. The average molecular weight is 378 g/mol. The van der Waals surface area contributed by atoms with E-state index in [9.17, 15) is 0 Å². The van der Waals surface area contributed by atoms with Crippen molar-refractivity contribution in [2.24, 2.45) is 0 Å². The fourth-order valence-electron chi connectivity index (χ4n) is 2.36. The Labute approximate surface area is 158 Å². The number of anilines is 2. The molecule has 0 saturated heterocycles. The zero-order valence-corrected chi connectivity index (χ0v) is 16.2. The first-order valence-electron chi connectivity index (χ1n) is 7.66. The van der Waals surface area contributed by atoms with Crippen molar-refractivity contribution in [2.75, 3.05) is 46.2 Å². The van der Waals surface area contributed by atoms with Gasteiger partial charge in [-0.25, -0.2) is 0 Å². The smallest absolute Gasteiger partial charge is 0.203 e. The van der Waals surface area contributed by atoms with Gasteiger partial charge in [0.25, 0.3) is 0 Å². The second-order valence-corrected chi connectivity index (χ2v) is 5.47. The summed E-state index contributed by atoms with van der Waals surface area (Å²) >= 11 is 5.37. The first-order valence-corrected chi connectivity index (χ1v) is 8.07. The Bertz CT molecular complexity index is 757. The molecule has 26 heavy (non-hydrogen) atoms. The Balaban J connectivity index is 2.17. The van der Waals surface area contributed by atoms with Gasteiger partial charge in [0.05, 0.1) is 35.5 Å². The third-order valence-electron chi connectivity index (χ3n) is 3.56. The van der Waals surface area contributed by atoms with Crippen LogP contribution in [0.5, 0.6) is 28.7 Å². The van der Waals surface area contributed by atoms with Gasteiger partial charge in [-0.2, -0.15) is 0 Å². The molecule has 7 nitrogen and oxygen atoms in total. The number of hydrogen-bond donors (Lipinski definition) is 2. The fourth-order valence-corrected chi connectivity index (χ4v) is 2.60. The predicted octanol–water partition coefficient (Wildman–Crippen LogP) is 3.54. The molecule has 0 bridgehead atoms. The predicted molar refractivity (Wildman–Crippen MR) is 105 cm³/mol. The Morgan fingerprint density at radius 1 is 0.654 bits per heavy atom. The lowest BCUT2D eigenvalue weighted by Crippen LogP contribution is -2.19. The normalized spacial score (nSPS) is 9.88. The van der Waals surface area contributed by atoms with E-state index in [1.54, 1.807) is 59.8 Å². The van der Waals surface area contributed by atoms with E-state index >= 15 is 0 Å². The third kappa shape index (κ3) is 4.40. The molecule has 0 aromatic heterocycles. The van der Waals surface area contributed by atoms with Crippen molar-refractivity contribution < 1.29 is 23.7 Å². The average Bonchev–Trinajstić information content (AvgIpc) is 2.66. The highest BCUT2D eigenvalue weighted by Gasteiger charge is 2.14. The third-order valence-corrected chi connectivity index (χ3v) is 3.77. The van der Waals surface area contributed by atoms with Gasteiger partial charge < -0.3 is 34.3 Å². The summed E-state index contributed by atoms with van der Waals surface area (Å²) in [6, 6.07) is 8.96.